The normalized spacial score (nSPS) is 10.7. The monoisotopic (exact) mass is 308 g/mol. The van der Waals surface area contributed by atoms with E-state index in [0.717, 1.165) is 0 Å². The number of nitrogens with zero attached hydrogens (tertiary/aromatic N) is 1. The second-order valence-corrected chi connectivity index (χ2v) is 5.44. The molecule has 1 aromatic carbocycles. The van der Waals surface area contributed by atoms with Gasteiger partial charge in [0.15, 0.2) is 5.88 Å². The first-order chi connectivity index (χ1) is 10.2. The van der Waals surface area contributed by atoms with Crippen LogP contribution < -0.4 is 5.32 Å². The van der Waals surface area contributed by atoms with Crippen molar-refractivity contribution < 1.29 is 19.2 Å². The van der Waals surface area contributed by atoms with E-state index in [1.807, 2.05) is 20.8 Å². The molecule has 0 fully saturated rings. The van der Waals surface area contributed by atoms with E-state index in [0.29, 0.717) is 0 Å². The van der Waals surface area contributed by atoms with Gasteiger partial charge in [-0.1, -0.05) is 6.07 Å². The van der Waals surface area contributed by atoms with Gasteiger partial charge in [-0.05, 0) is 40.3 Å². The molecule has 7 heteroatoms. The summed E-state index contributed by atoms with van der Waals surface area (Å²) in [6.45, 7) is 10.9. The standard InChI is InChI=1S/C15H20N2O5/c1-6-21-14(18)11-8-7-9-12(17(19)20)13(11)16-10(2)22-15(3,4)5/h7-9,16H,2,6H2,1,3-5H3. The Morgan fingerprint density at radius 2 is 2.05 bits per heavy atom. The summed E-state index contributed by atoms with van der Waals surface area (Å²) in [5.41, 5.74) is -0.739. The van der Waals surface area contributed by atoms with Gasteiger partial charge in [0.1, 0.15) is 11.3 Å². The van der Waals surface area contributed by atoms with Gasteiger partial charge in [0.2, 0.25) is 0 Å². The van der Waals surface area contributed by atoms with Crippen molar-refractivity contribution in [1.82, 2.24) is 0 Å². The first-order valence-electron chi connectivity index (χ1n) is 6.75. The number of ether oxygens (including phenoxy) is 2. The molecule has 0 heterocycles. The van der Waals surface area contributed by atoms with E-state index in [1.165, 1.54) is 18.2 Å². The highest BCUT2D eigenvalue weighted by atomic mass is 16.6. The predicted molar refractivity (Wildman–Crippen MR) is 82.7 cm³/mol. The molecule has 1 aromatic rings. The summed E-state index contributed by atoms with van der Waals surface area (Å²) in [4.78, 5) is 22.5. The first kappa shape index (κ1) is 17.5. The van der Waals surface area contributed by atoms with Crippen molar-refractivity contribution >= 4 is 17.3 Å². The van der Waals surface area contributed by atoms with Gasteiger partial charge in [-0.2, -0.15) is 0 Å². The number of benzene rings is 1. The number of para-hydroxylation sites is 1. The quantitative estimate of drug-likeness (QED) is 0.374. The molecule has 0 aliphatic rings. The second kappa shape index (κ2) is 6.93. The van der Waals surface area contributed by atoms with E-state index in [-0.39, 0.29) is 29.4 Å². The van der Waals surface area contributed by atoms with Crippen LogP contribution in [0.4, 0.5) is 11.4 Å². The van der Waals surface area contributed by atoms with Gasteiger partial charge < -0.3 is 14.8 Å². The van der Waals surface area contributed by atoms with Crippen LogP contribution >= 0.6 is 0 Å². The van der Waals surface area contributed by atoms with Crippen molar-refractivity contribution in [3.63, 3.8) is 0 Å². The van der Waals surface area contributed by atoms with Gasteiger partial charge >= 0.3 is 5.97 Å². The minimum atomic E-state index is -0.655. The maximum Gasteiger partial charge on any atom is 0.340 e. The Morgan fingerprint density at radius 3 is 2.55 bits per heavy atom. The fraction of sp³-hybridized carbons (Fsp3) is 0.400. The van der Waals surface area contributed by atoms with Crippen molar-refractivity contribution in [2.45, 2.75) is 33.3 Å². The van der Waals surface area contributed by atoms with E-state index in [2.05, 4.69) is 11.9 Å². The molecule has 0 unspecified atom stereocenters. The Hall–Kier alpha value is -2.57. The van der Waals surface area contributed by atoms with Crippen LogP contribution in [-0.2, 0) is 9.47 Å². The number of nitrogens with one attached hydrogen (secondary N) is 1. The number of esters is 1. The van der Waals surface area contributed by atoms with Gasteiger partial charge in [0.05, 0.1) is 17.1 Å². The highest BCUT2D eigenvalue weighted by Gasteiger charge is 2.24. The van der Waals surface area contributed by atoms with Crippen molar-refractivity contribution in [1.29, 1.82) is 0 Å². The van der Waals surface area contributed by atoms with E-state index in [1.54, 1.807) is 6.92 Å². The van der Waals surface area contributed by atoms with E-state index in [9.17, 15) is 14.9 Å². The summed E-state index contributed by atoms with van der Waals surface area (Å²) in [7, 11) is 0. The zero-order valence-corrected chi connectivity index (χ0v) is 13.1. The van der Waals surface area contributed by atoms with Crippen LogP contribution in [0.2, 0.25) is 0 Å². The molecule has 22 heavy (non-hydrogen) atoms. The highest BCUT2D eigenvalue weighted by Crippen LogP contribution is 2.30. The minimum absolute atomic E-state index is 0.000185. The summed E-state index contributed by atoms with van der Waals surface area (Å²) >= 11 is 0. The number of anilines is 1. The average Bonchev–Trinajstić information content (AvgIpc) is 2.36. The third-order valence-corrected chi connectivity index (χ3v) is 2.43. The van der Waals surface area contributed by atoms with Crippen molar-refractivity contribution in [3.05, 3.63) is 46.3 Å². The van der Waals surface area contributed by atoms with Crippen LogP contribution in [0.5, 0.6) is 0 Å². The number of hydrogen-bond acceptors (Lipinski definition) is 6. The van der Waals surface area contributed by atoms with Crippen LogP contribution in [0.1, 0.15) is 38.1 Å². The lowest BCUT2D eigenvalue weighted by Gasteiger charge is -2.23. The molecule has 0 radical (unpaired) electrons. The molecule has 0 saturated carbocycles. The highest BCUT2D eigenvalue weighted by molar-refractivity contribution is 5.98. The van der Waals surface area contributed by atoms with Crippen LogP contribution in [0.15, 0.2) is 30.7 Å². The maximum atomic E-state index is 12.0. The molecule has 0 aliphatic heterocycles. The number of nitro groups is 1. The number of rotatable bonds is 6. The number of carbonyl (C=O) groups is 1. The summed E-state index contributed by atoms with van der Waals surface area (Å²) in [5.74, 6) is -0.551. The van der Waals surface area contributed by atoms with Gasteiger partial charge in [0.25, 0.3) is 5.69 Å². The molecule has 120 valence electrons. The Kier molecular flexibility index (Phi) is 5.50. The fourth-order valence-electron chi connectivity index (χ4n) is 1.74. The van der Waals surface area contributed by atoms with E-state index in [4.69, 9.17) is 9.47 Å². The summed E-state index contributed by atoms with van der Waals surface area (Å²) in [6, 6.07) is 4.15. The smallest absolute Gasteiger partial charge is 0.340 e. The van der Waals surface area contributed by atoms with Gasteiger partial charge in [-0.25, -0.2) is 4.79 Å². The Bertz CT molecular complexity index is 590. The molecule has 1 rings (SSSR count). The molecule has 0 aromatic heterocycles. The van der Waals surface area contributed by atoms with Crippen LogP contribution in [-0.4, -0.2) is 23.1 Å². The SMILES string of the molecule is C=C(Nc1c(C(=O)OCC)cccc1[N+](=O)[O-])OC(C)(C)C. The molecular formula is C15H20N2O5. The molecule has 0 spiro atoms. The lowest BCUT2D eigenvalue weighted by Crippen LogP contribution is -2.22. The Labute approximate surface area is 129 Å². The molecular weight excluding hydrogens is 288 g/mol. The second-order valence-electron chi connectivity index (χ2n) is 5.44. The Morgan fingerprint density at radius 1 is 1.41 bits per heavy atom. The Balaban J connectivity index is 3.21. The van der Waals surface area contributed by atoms with Crippen LogP contribution in [0.3, 0.4) is 0 Å². The number of carbonyl (C=O) groups excluding carboxylic acids is 1. The molecule has 0 aliphatic carbocycles. The number of nitro benzene ring substituents is 1. The van der Waals surface area contributed by atoms with Crippen LogP contribution in [0, 0.1) is 10.1 Å². The number of hydrogen-bond donors (Lipinski definition) is 1. The summed E-state index contributed by atoms with van der Waals surface area (Å²) in [5, 5.41) is 13.9. The summed E-state index contributed by atoms with van der Waals surface area (Å²) < 4.78 is 10.4. The van der Waals surface area contributed by atoms with E-state index >= 15 is 0 Å². The molecule has 7 nitrogen and oxygen atoms in total. The lowest BCUT2D eigenvalue weighted by molar-refractivity contribution is -0.384. The fourth-order valence-corrected chi connectivity index (χ4v) is 1.74. The summed E-state index contributed by atoms with van der Waals surface area (Å²) in [6.07, 6.45) is 0. The first-order valence-corrected chi connectivity index (χ1v) is 6.75. The molecule has 1 N–H and O–H groups in total. The topological polar surface area (TPSA) is 90.7 Å². The zero-order chi connectivity index (χ0) is 16.9. The maximum absolute atomic E-state index is 12.0. The van der Waals surface area contributed by atoms with E-state index < -0.39 is 16.5 Å². The minimum Gasteiger partial charge on any atom is -0.474 e. The molecule has 0 atom stereocenters. The van der Waals surface area contributed by atoms with Gasteiger partial charge in [0, 0.05) is 6.07 Å². The predicted octanol–water partition coefficient (Wildman–Crippen LogP) is 3.47. The van der Waals surface area contributed by atoms with Gasteiger partial charge in [-0.3, -0.25) is 10.1 Å². The van der Waals surface area contributed by atoms with Crippen molar-refractivity contribution in [2.75, 3.05) is 11.9 Å². The molecule has 0 saturated heterocycles. The van der Waals surface area contributed by atoms with Crippen LogP contribution in [0.25, 0.3) is 0 Å². The zero-order valence-electron chi connectivity index (χ0n) is 13.1. The van der Waals surface area contributed by atoms with Crippen molar-refractivity contribution in [3.8, 4) is 0 Å². The molecule has 0 bridgehead atoms. The van der Waals surface area contributed by atoms with Crippen molar-refractivity contribution in [2.24, 2.45) is 0 Å². The largest absolute Gasteiger partial charge is 0.474 e. The lowest BCUT2D eigenvalue weighted by atomic mass is 10.1. The third kappa shape index (κ3) is 4.76. The average molecular weight is 308 g/mol. The molecule has 0 amide bonds. The third-order valence-electron chi connectivity index (χ3n) is 2.43. The van der Waals surface area contributed by atoms with Gasteiger partial charge in [-0.15, -0.1) is 0 Å².